The van der Waals surface area contributed by atoms with Crippen molar-refractivity contribution in [2.75, 3.05) is 24.7 Å². The molecular formula is C26H29FN2O5. The lowest BCUT2D eigenvalue weighted by atomic mass is 9.67. The number of aliphatic carboxylic acids is 1. The van der Waals surface area contributed by atoms with Crippen LogP contribution in [0.4, 0.5) is 14.9 Å². The number of halogens is 1. The van der Waals surface area contributed by atoms with Crippen LogP contribution in [0.2, 0.25) is 0 Å². The minimum atomic E-state index is -0.815. The number of hydrogen-bond donors (Lipinski definition) is 1. The third-order valence-corrected chi connectivity index (χ3v) is 7.25. The standard InChI is InChI=1S/C26H29FN2O5/c27-18-8-9-21-23(13-18)29(26(32)34-14-17-5-2-1-3-6-17)22-11-10-20(22)25(21)28(19-15-33-16-19)12-4-7-24(30)31/h1-3,5-6,8-9,13,19-20,22,25H,4,7,10-12,14-16H2,(H,30,31). The Morgan fingerprint density at radius 3 is 2.59 bits per heavy atom. The second-order valence-electron chi connectivity index (χ2n) is 9.29. The molecule has 1 saturated carbocycles. The van der Waals surface area contributed by atoms with Crippen molar-refractivity contribution in [2.45, 2.75) is 50.4 Å². The number of carbonyl (C=O) groups is 2. The number of benzene rings is 2. The Hall–Kier alpha value is -2.97. The highest BCUT2D eigenvalue weighted by Gasteiger charge is 2.52. The van der Waals surface area contributed by atoms with E-state index in [0.29, 0.717) is 31.9 Å². The summed E-state index contributed by atoms with van der Waals surface area (Å²) in [7, 11) is 0. The van der Waals surface area contributed by atoms with Crippen molar-refractivity contribution in [2.24, 2.45) is 5.92 Å². The van der Waals surface area contributed by atoms with Crippen molar-refractivity contribution in [3.8, 4) is 0 Å². The Bertz CT molecular complexity index is 1040. The van der Waals surface area contributed by atoms with Gasteiger partial charge in [0.2, 0.25) is 0 Å². The van der Waals surface area contributed by atoms with Gasteiger partial charge in [0, 0.05) is 18.5 Å². The molecule has 2 aliphatic heterocycles. The first-order valence-electron chi connectivity index (χ1n) is 11.9. The Balaban J connectivity index is 1.43. The van der Waals surface area contributed by atoms with Gasteiger partial charge in [-0.3, -0.25) is 14.6 Å². The molecule has 1 N–H and O–H groups in total. The lowest BCUT2D eigenvalue weighted by Gasteiger charge is -2.56. The lowest BCUT2D eigenvalue weighted by molar-refractivity contribution is -0.137. The maximum Gasteiger partial charge on any atom is 0.414 e. The van der Waals surface area contributed by atoms with E-state index in [1.807, 2.05) is 30.3 Å². The highest BCUT2D eigenvalue weighted by Crippen LogP contribution is 2.53. The van der Waals surface area contributed by atoms with Crippen LogP contribution in [0.5, 0.6) is 0 Å². The van der Waals surface area contributed by atoms with Gasteiger partial charge in [-0.05, 0) is 55.0 Å². The van der Waals surface area contributed by atoms with Crippen molar-refractivity contribution in [3.05, 3.63) is 65.5 Å². The van der Waals surface area contributed by atoms with Crippen LogP contribution in [0.15, 0.2) is 48.5 Å². The van der Waals surface area contributed by atoms with Gasteiger partial charge in [0.05, 0.1) is 24.9 Å². The largest absolute Gasteiger partial charge is 0.481 e. The van der Waals surface area contributed by atoms with Crippen molar-refractivity contribution < 1.29 is 28.6 Å². The molecule has 0 spiro atoms. The van der Waals surface area contributed by atoms with Crippen molar-refractivity contribution >= 4 is 17.7 Å². The fourth-order valence-corrected chi connectivity index (χ4v) is 5.41. The van der Waals surface area contributed by atoms with Crippen LogP contribution in [-0.2, 0) is 20.9 Å². The third-order valence-electron chi connectivity index (χ3n) is 7.25. The van der Waals surface area contributed by atoms with Crippen LogP contribution in [0.3, 0.4) is 0 Å². The molecule has 5 rings (SSSR count). The summed E-state index contributed by atoms with van der Waals surface area (Å²) >= 11 is 0. The average Bonchev–Trinajstić information content (AvgIpc) is 2.77. The second kappa shape index (κ2) is 9.72. The number of hydrogen-bond acceptors (Lipinski definition) is 5. The Morgan fingerprint density at radius 2 is 1.94 bits per heavy atom. The van der Waals surface area contributed by atoms with Crippen LogP contribution in [0.25, 0.3) is 0 Å². The highest BCUT2D eigenvalue weighted by molar-refractivity contribution is 5.90. The zero-order chi connectivity index (χ0) is 23.7. The molecule has 180 valence electrons. The molecule has 2 aromatic rings. The number of fused-ring (bicyclic) bond motifs is 2. The van der Waals surface area contributed by atoms with E-state index in [1.54, 1.807) is 11.0 Å². The van der Waals surface area contributed by atoms with Gasteiger partial charge in [-0.2, -0.15) is 0 Å². The minimum Gasteiger partial charge on any atom is -0.481 e. The molecule has 0 aromatic heterocycles. The summed E-state index contributed by atoms with van der Waals surface area (Å²) in [6, 6.07) is 14.2. The van der Waals surface area contributed by atoms with Crippen molar-refractivity contribution in [3.63, 3.8) is 0 Å². The summed E-state index contributed by atoms with van der Waals surface area (Å²) in [4.78, 5) is 28.3. The predicted molar refractivity (Wildman–Crippen MR) is 123 cm³/mol. The Labute approximate surface area is 198 Å². The first kappa shape index (κ1) is 22.8. The number of amides is 1. The maximum atomic E-state index is 14.4. The van der Waals surface area contributed by atoms with E-state index in [0.717, 1.165) is 24.0 Å². The van der Waals surface area contributed by atoms with Gasteiger partial charge in [0.15, 0.2) is 0 Å². The van der Waals surface area contributed by atoms with E-state index >= 15 is 0 Å². The molecule has 3 atom stereocenters. The van der Waals surface area contributed by atoms with Gasteiger partial charge >= 0.3 is 12.1 Å². The highest BCUT2D eigenvalue weighted by atomic mass is 19.1. The number of rotatable bonds is 8. The van der Waals surface area contributed by atoms with E-state index in [-0.39, 0.29) is 37.1 Å². The molecule has 2 aromatic carbocycles. The van der Waals surface area contributed by atoms with E-state index in [9.17, 15) is 14.0 Å². The van der Waals surface area contributed by atoms with Gasteiger partial charge in [0.1, 0.15) is 12.4 Å². The smallest absolute Gasteiger partial charge is 0.414 e. The van der Waals surface area contributed by atoms with Crippen LogP contribution >= 0.6 is 0 Å². The molecule has 0 bridgehead atoms. The summed E-state index contributed by atoms with van der Waals surface area (Å²) < 4.78 is 25.5. The normalized spacial score (nSPS) is 23.5. The Morgan fingerprint density at radius 1 is 1.15 bits per heavy atom. The number of nitrogens with zero attached hydrogens (tertiary/aromatic N) is 2. The van der Waals surface area contributed by atoms with E-state index in [2.05, 4.69) is 4.90 Å². The molecule has 1 saturated heterocycles. The van der Waals surface area contributed by atoms with Gasteiger partial charge in [-0.25, -0.2) is 9.18 Å². The number of carbonyl (C=O) groups excluding carboxylic acids is 1. The summed E-state index contributed by atoms with van der Waals surface area (Å²) in [6.45, 7) is 1.96. The zero-order valence-corrected chi connectivity index (χ0v) is 18.9. The zero-order valence-electron chi connectivity index (χ0n) is 18.9. The quantitative estimate of drug-likeness (QED) is 0.620. The van der Waals surface area contributed by atoms with Gasteiger partial charge in [0.25, 0.3) is 0 Å². The van der Waals surface area contributed by atoms with Crippen molar-refractivity contribution in [1.82, 2.24) is 4.90 Å². The summed E-state index contributed by atoms with van der Waals surface area (Å²) in [6.07, 6.45) is 1.92. The van der Waals surface area contributed by atoms with Gasteiger partial charge in [-0.1, -0.05) is 36.4 Å². The summed E-state index contributed by atoms with van der Waals surface area (Å²) in [5.41, 5.74) is 2.33. The molecule has 1 aliphatic carbocycles. The first-order chi connectivity index (χ1) is 16.5. The van der Waals surface area contributed by atoms with Crippen LogP contribution in [-0.4, -0.2) is 53.9 Å². The fraction of sp³-hybridized carbons (Fsp3) is 0.462. The first-order valence-corrected chi connectivity index (χ1v) is 11.9. The second-order valence-corrected chi connectivity index (χ2v) is 9.29. The molecule has 3 aliphatic rings. The number of ether oxygens (including phenoxy) is 2. The number of carboxylic acids is 1. The van der Waals surface area contributed by atoms with E-state index in [4.69, 9.17) is 14.6 Å². The summed E-state index contributed by atoms with van der Waals surface area (Å²) in [5.74, 6) is -1.04. The van der Waals surface area contributed by atoms with E-state index < -0.39 is 17.9 Å². The Kier molecular flexibility index (Phi) is 6.52. The molecule has 7 nitrogen and oxygen atoms in total. The lowest BCUT2D eigenvalue weighted by Crippen LogP contribution is -2.61. The van der Waals surface area contributed by atoms with Crippen LogP contribution < -0.4 is 4.90 Å². The van der Waals surface area contributed by atoms with E-state index in [1.165, 1.54) is 12.1 Å². The SMILES string of the molecule is O=C(O)CCCN(C1COC1)C1c2ccc(F)cc2N(C(=O)OCc2ccccc2)C2CCC21. The molecule has 34 heavy (non-hydrogen) atoms. The molecule has 0 radical (unpaired) electrons. The minimum absolute atomic E-state index is 0.0183. The average molecular weight is 469 g/mol. The number of carboxylic acid groups (broad SMARTS) is 1. The van der Waals surface area contributed by atoms with Gasteiger partial charge in [-0.15, -0.1) is 0 Å². The molecule has 8 heteroatoms. The van der Waals surface area contributed by atoms with Gasteiger partial charge < -0.3 is 14.6 Å². The molecular weight excluding hydrogens is 439 g/mol. The molecule has 1 amide bonds. The topological polar surface area (TPSA) is 79.3 Å². The number of anilines is 1. The molecule has 2 heterocycles. The fourth-order valence-electron chi connectivity index (χ4n) is 5.41. The monoisotopic (exact) mass is 468 g/mol. The maximum absolute atomic E-state index is 14.4. The third kappa shape index (κ3) is 4.40. The summed E-state index contributed by atoms with van der Waals surface area (Å²) in [5, 5.41) is 9.13. The molecule has 3 unspecified atom stereocenters. The molecule has 2 fully saturated rings. The predicted octanol–water partition coefficient (Wildman–Crippen LogP) is 4.37. The van der Waals surface area contributed by atoms with Crippen LogP contribution in [0.1, 0.15) is 42.9 Å². The van der Waals surface area contributed by atoms with Crippen molar-refractivity contribution in [1.29, 1.82) is 0 Å². The van der Waals surface area contributed by atoms with Crippen LogP contribution in [0, 0.1) is 11.7 Å².